The molecule has 1 aromatic carbocycles. The number of anilines is 1. The van der Waals surface area contributed by atoms with Gasteiger partial charge in [0.25, 0.3) is 0 Å². The standard InChI is InChI=1S/C15H16ClF2N3O3/c1-7-8(3-2-6-21(7)15(24)13(19)22)14(23)20-10-5-4-9(17)11(16)12(10)18/h4-5,7-8H,2-3,6H2,1H3,(H2,19,22)(H,20,23). The molecule has 0 aromatic heterocycles. The van der Waals surface area contributed by atoms with E-state index in [9.17, 15) is 23.2 Å². The van der Waals surface area contributed by atoms with Gasteiger partial charge in [0, 0.05) is 12.6 Å². The first-order valence-electron chi connectivity index (χ1n) is 7.28. The number of carbonyl (C=O) groups is 3. The number of benzene rings is 1. The number of nitrogens with zero attached hydrogens (tertiary/aromatic N) is 1. The quantitative estimate of drug-likeness (QED) is 0.621. The number of halogens is 3. The normalized spacial score (nSPS) is 20.6. The van der Waals surface area contributed by atoms with Gasteiger partial charge in [0.1, 0.15) is 10.8 Å². The molecule has 24 heavy (non-hydrogen) atoms. The number of hydrogen-bond acceptors (Lipinski definition) is 3. The maximum absolute atomic E-state index is 13.9. The van der Waals surface area contributed by atoms with Crippen molar-refractivity contribution in [3.05, 3.63) is 28.8 Å². The molecule has 0 aliphatic carbocycles. The zero-order chi connectivity index (χ0) is 18.0. The number of piperidine rings is 1. The van der Waals surface area contributed by atoms with Crippen LogP contribution in [0.2, 0.25) is 5.02 Å². The number of carbonyl (C=O) groups excluding carboxylic acids is 3. The van der Waals surface area contributed by atoms with Crippen LogP contribution in [0.4, 0.5) is 14.5 Å². The van der Waals surface area contributed by atoms with Crippen molar-refractivity contribution < 1.29 is 23.2 Å². The van der Waals surface area contributed by atoms with Crippen LogP contribution in [0.15, 0.2) is 12.1 Å². The molecule has 1 aliphatic rings. The minimum Gasteiger partial charge on any atom is -0.361 e. The Balaban J connectivity index is 2.16. The van der Waals surface area contributed by atoms with Crippen molar-refractivity contribution in [2.45, 2.75) is 25.8 Å². The van der Waals surface area contributed by atoms with Crippen molar-refractivity contribution in [3.63, 3.8) is 0 Å². The highest BCUT2D eigenvalue weighted by atomic mass is 35.5. The average molecular weight is 360 g/mol. The van der Waals surface area contributed by atoms with Crippen molar-refractivity contribution in [2.75, 3.05) is 11.9 Å². The van der Waals surface area contributed by atoms with E-state index in [4.69, 9.17) is 17.3 Å². The molecule has 1 aromatic rings. The highest BCUT2D eigenvalue weighted by Gasteiger charge is 2.37. The molecule has 2 atom stereocenters. The van der Waals surface area contributed by atoms with Crippen LogP contribution in [-0.2, 0) is 14.4 Å². The van der Waals surface area contributed by atoms with Gasteiger partial charge in [0.05, 0.1) is 11.6 Å². The Morgan fingerprint density at radius 1 is 1.33 bits per heavy atom. The van der Waals surface area contributed by atoms with Crippen LogP contribution in [0.3, 0.4) is 0 Å². The first kappa shape index (κ1) is 18.1. The summed E-state index contributed by atoms with van der Waals surface area (Å²) in [6.07, 6.45) is 0.945. The summed E-state index contributed by atoms with van der Waals surface area (Å²) in [5.74, 6) is -5.18. The van der Waals surface area contributed by atoms with Gasteiger partial charge in [-0.1, -0.05) is 11.6 Å². The average Bonchev–Trinajstić information content (AvgIpc) is 2.54. The van der Waals surface area contributed by atoms with Crippen molar-refractivity contribution in [1.82, 2.24) is 4.90 Å². The second-order valence-corrected chi connectivity index (χ2v) is 5.94. The molecule has 2 rings (SSSR count). The largest absolute Gasteiger partial charge is 0.361 e. The van der Waals surface area contributed by atoms with E-state index >= 15 is 0 Å². The van der Waals surface area contributed by atoms with Crippen LogP contribution in [0, 0.1) is 17.6 Å². The summed E-state index contributed by atoms with van der Waals surface area (Å²) in [7, 11) is 0. The summed E-state index contributed by atoms with van der Waals surface area (Å²) in [5.41, 5.74) is 4.74. The van der Waals surface area contributed by atoms with Crippen molar-refractivity contribution in [2.24, 2.45) is 11.7 Å². The Labute approximate surface area is 141 Å². The fraction of sp³-hybridized carbons (Fsp3) is 0.400. The summed E-state index contributed by atoms with van der Waals surface area (Å²) in [6.45, 7) is 1.92. The Morgan fingerprint density at radius 3 is 2.62 bits per heavy atom. The zero-order valence-electron chi connectivity index (χ0n) is 12.8. The number of hydrogen-bond donors (Lipinski definition) is 2. The third kappa shape index (κ3) is 3.48. The van der Waals surface area contributed by atoms with Gasteiger partial charge in [0.15, 0.2) is 5.82 Å². The molecule has 1 fully saturated rings. The van der Waals surface area contributed by atoms with E-state index in [-0.39, 0.29) is 5.69 Å². The fourth-order valence-corrected chi connectivity index (χ4v) is 2.93. The summed E-state index contributed by atoms with van der Waals surface area (Å²) in [4.78, 5) is 36.4. The van der Waals surface area contributed by atoms with E-state index in [1.165, 1.54) is 4.90 Å². The SMILES string of the molecule is CC1C(C(=O)Nc2ccc(F)c(Cl)c2F)CCCN1C(=O)C(N)=O. The molecule has 0 bridgehead atoms. The molecule has 1 saturated heterocycles. The third-order valence-corrected chi connectivity index (χ3v) is 4.44. The molecule has 3 amide bonds. The number of amides is 3. The van der Waals surface area contributed by atoms with Gasteiger partial charge in [-0.3, -0.25) is 14.4 Å². The molecular weight excluding hydrogens is 344 g/mol. The van der Waals surface area contributed by atoms with E-state index in [2.05, 4.69) is 5.32 Å². The van der Waals surface area contributed by atoms with Gasteiger partial charge >= 0.3 is 11.8 Å². The fourth-order valence-electron chi connectivity index (χ4n) is 2.77. The third-order valence-electron chi connectivity index (χ3n) is 4.09. The van der Waals surface area contributed by atoms with Crippen molar-refractivity contribution >= 4 is 35.0 Å². The van der Waals surface area contributed by atoms with Gasteiger partial charge in [-0.05, 0) is 31.9 Å². The molecule has 130 valence electrons. The summed E-state index contributed by atoms with van der Waals surface area (Å²) in [6, 6.07) is 1.42. The van der Waals surface area contributed by atoms with Crippen LogP contribution < -0.4 is 11.1 Å². The lowest BCUT2D eigenvalue weighted by Crippen LogP contribution is -2.53. The van der Waals surface area contributed by atoms with Crippen molar-refractivity contribution in [1.29, 1.82) is 0 Å². The molecule has 9 heteroatoms. The Bertz CT molecular complexity index is 699. The van der Waals surface area contributed by atoms with Gasteiger partial charge in [-0.15, -0.1) is 0 Å². The lowest BCUT2D eigenvalue weighted by atomic mass is 9.89. The van der Waals surface area contributed by atoms with E-state index < -0.39 is 46.3 Å². The molecule has 0 radical (unpaired) electrons. The van der Waals surface area contributed by atoms with Crippen LogP contribution in [0.5, 0.6) is 0 Å². The first-order valence-corrected chi connectivity index (χ1v) is 7.66. The number of rotatable bonds is 2. The summed E-state index contributed by atoms with van der Waals surface area (Å²) in [5, 5.41) is 1.63. The van der Waals surface area contributed by atoms with E-state index in [1.807, 2.05) is 0 Å². The van der Waals surface area contributed by atoms with Gasteiger partial charge in [-0.25, -0.2) is 8.78 Å². The van der Waals surface area contributed by atoms with Crippen molar-refractivity contribution in [3.8, 4) is 0 Å². The maximum Gasteiger partial charge on any atom is 0.311 e. The second-order valence-electron chi connectivity index (χ2n) is 5.56. The lowest BCUT2D eigenvalue weighted by molar-refractivity contribution is -0.148. The molecular formula is C15H16ClF2N3O3. The lowest BCUT2D eigenvalue weighted by Gasteiger charge is -2.37. The van der Waals surface area contributed by atoms with Gasteiger partial charge in [0.2, 0.25) is 5.91 Å². The summed E-state index contributed by atoms with van der Waals surface area (Å²) >= 11 is 5.47. The molecule has 0 saturated carbocycles. The van der Waals surface area contributed by atoms with Crippen LogP contribution in [0.1, 0.15) is 19.8 Å². The number of nitrogens with two attached hydrogens (primary N) is 1. The predicted molar refractivity (Wildman–Crippen MR) is 83.1 cm³/mol. The molecule has 3 N–H and O–H groups in total. The highest BCUT2D eigenvalue weighted by molar-refractivity contribution is 6.34. The van der Waals surface area contributed by atoms with Crippen LogP contribution in [-0.4, -0.2) is 35.2 Å². The smallest absolute Gasteiger partial charge is 0.311 e. The minimum atomic E-state index is -1.10. The number of primary amides is 1. The Kier molecular flexibility index (Phi) is 5.38. The Hall–Kier alpha value is -2.22. The second kappa shape index (κ2) is 7.12. The summed E-state index contributed by atoms with van der Waals surface area (Å²) < 4.78 is 27.0. The predicted octanol–water partition coefficient (Wildman–Crippen LogP) is 1.67. The van der Waals surface area contributed by atoms with E-state index in [0.29, 0.717) is 19.4 Å². The van der Waals surface area contributed by atoms with Crippen LogP contribution in [0.25, 0.3) is 0 Å². The number of likely N-dealkylation sites (tertiary alicyclic amines) is 1. The first-order chi connectivity index (χ1) is 11.2. The maximum atomic E-state index is 13.9. The molecule has 6 nitrogen and oxygen atoms in total. The Morgan fingerprint density at radius 2 is 2.00 bits per heavy atom. The van der Waals surface area contributed by atoms with E-state index in [1.54, 1.807) is 6.92 Å². The molecule has 1 heterocycles. The molecule has 0 spiro atoms. The zero-order valence-corrected chi connectivity index (χ0v) is 13.6. The van der Waals surface area contributed by atoms with Gasteiger partial charge in [-0.2, -0.15) is 0 Å². The topological polar surface area (TPSA) is 92.5 Å². The van der Waals surface area contributed by atoms with E-state index in [0.717, 1.165) is 12.1 Å². The highest BCUT2D eigenvalue weighted by Crippen LogP contribution is 2.28. The molecule has 2 unspecified atom stereocenters. The number of nitrogens with one attached hydrogen (secondary N) is 1. The monoisotopic (exact) mass is 359 g/mol. The van der Waals surface area contributed by atoms with Gasteiger partial charge < -0.3 is 16.0 Å². The van der Waals surface area contributed by atoms with Crippen LogP contribution >= 0.6 is 11.6 Å². The minimum absolute atomic E-state index is 0.253. The molecule has 1 aliphatic heterocycles.